The van der Waals surface area contributed by atoms with E-state index in [0.717, 1.165) is 12.8 Å². The molecule has 0 unspecified atom stereocenters. The van der Waals surface area contributed by atoms with Gasteiger partial charge in [-0.15, -0.1) is 0 Å². The van der Waals surface area contributed by atoms with Crippen LogP contribution in [0.4, 0.5) is 0 Å². The van der Waals surface area contributed by atoms with Gasteiger partial charge < -0.3 is 5.32 Å². The van der Waals surface area contributed by atoms with Gasteiger partial charge in [0.25, 0.3) is 0 Å². The molecule has 0 aliphatic heterocycles. The van der Waals surface area contributed by atoms with Gasteiger partial charge in [0.05, 0.1) is 6.54 Å². The molecule has 0 aliphatic rings. The van der Waals surface area contributed by atoms with Crippen LogP contribution in [0.2, 0.25) is 0 Å². The molecule has 1 aromatic rings. The van der Waals surface area contributed by atoms with Crippen molar-refractivity contribution in [3.8, 4) is 0 Å². The second kappa shape index (κ2) is 11.1. The van der Waals surface area contributed by atoms with Crippen molar-refractivity contribution in [3.63, 3.8) is 0 Å². The first-order valence-corrected chi connectivity index (χ1v) is 8.09. The number of Topliss-reactive ketones (excluding diaryl/α,β-unsaturated/α-hetero) is 1. The Morgan fingerprint density at radius 3 is 2.19 bits per heavy atom. The zero-order valence-electron chi connectivity index (χ0n) is 13.1. The largest absolute Gasteiger partial charge is 0.349 e. The summed E-state index contributed by atoms with van der Waals surface area (Å²) in [6.45, 7) is 2.31. The number of unbranched alkanes of at least 4 members (excludes halogenated alkanes) is 6. The summed E-state index contributed by atoms with van der Waals surface area (Å²) >= 11 is 0. The molecule has 0 bridgehead atoms. The summed E-state index contributed by atoms with van der Waals surface area (Å²) in [5.41, 5.74) is 0.647. The minimum absolute atomic E-state index is 0.0205. The Hall–Kier alpha value is -1.64. The lowest BCUT2D eigenvalue weighted by Gasteiger charge is -2.05. The molecule has 1 amide bonds. The van der Waals surface area contributed by atoms with E-state index in [-0.39, 0.29) is 18.2 Å². The molecular formula is C18H27NO2. The molecule has 21 heavy (non-hydrogen) atoms. The fraction of sp³-hybridized carbons (Fsp3) is 0.556. The molecule has 1 N–H and O–H groups in total. The summed E-state index contributed by atoms with van der Waals surface area (Å²) in [5.74, 6) is -0.0589. The number of ketones is 1. The van der Waals surface area contributed by atoms with Gasteiger partial charge in [-0.25, -0.2) is 0 Å². The molecule has 1 aromatic carbocycles. The monoisotopic (exact) mass is 289 g/mol. The van der Waals surface area contributed by atoms with Gasteiger partial charge in [0.1, 0.15) is 0 Å². The Morgan fingerprint density at radius 1 is 0.905 bits per heavy atom. The summed E-state index contributed by atoms with van der Waals surface area (Å²) in [4.78, 5) is 23.5. The Bertz CT molecular complexity index is 414. The average Bonchev–Trinajstić information content (AvgIpc) is 2.52. The van der Waals surface area contributed by atoms with Crippen molar-refractivity contribution >= 4 is 11.7 Å². The van der Waals surface area contributed by atoms with Crippen LogP contribution in [0.25, 0.3) is 0 Å². The van der Waals surface area contributed by atoms with Gasteiger partial charge in [-0.3, -0.25) is 9.59 Å². The summed E-state index contributed by atoms with van der Waals surface area (Å²) in [5, 5.41) is 2.70. The van der Waals surface area contributed by atoms with E-state index in [0.29, 0.717) is 12.0 Å². The lowest BCUT2D eigenvalue weighted by Crippen LogP contribution is -2.29. The molecule has 116 valence electrons. The van der Waals surface area contributed by atoms with Crippen LogP contribution in [0.5, 0.6) is 0 Å². The molecule has 0 aliphatic carbocycles. The maximum atomic E-state index is 11.8. The van der Waals surface area contributed by atoms with Gasteiger partial charge >= 0.3 is 0 Å². The van der Waals surface area contributed by atoms with Crippen molar-refractivity contribution in [2.45, 2.75) is 58.3 Å². The Labute approximate surface area is 128 Å². The summed E-state index contributed by atoms with van der Waals surface area (Å²) in [7, 11) is 0. The summed E-state index contributed by atoms with van der Waals surface area (Å²) in [6, 6.07) is 9.06. The molecule has 0 saturated heterocycles. The smallest absolute Gasteiger partial charge is 0.220 e. The first kappa shape index (κ1) is 17.4. The normalized spacial score (nSPS) is 10.3. The highest BCUT2D eigenvalue weighted by Gasteiger charge is 2.07. The fourth-order valence-electron chi connectivity index (χ4n) is 2.24. The lowest BCUT2D eigenvalue weighted by atomic mass is 10.1. The van der Waals surface area contributed by atoms with E-state index >= 15 is 0 Å². The van der Waals surface area contributed by atoms with E-state index in [2.05, 4.69) is 12.2 Å². The van der Waals surface area contributed by atoms with E-state index in [1.807, 2.05) is 18.2 Å². The maximum absolute atomic E-state index is 11.8. The zero-order valence-corrected chi connectivity index (χ0v) is 13.1. The van der Waals surface area contributed by atoms with Crippen molar-refractivity contribution in [3.05, 3.63) is 35.9 Å². The number of carbonyl (C=O) groups excluding carboxylic acids is 2. The Morgan fingerprint density at radius 2 is 1.52 bits per heavy atom. The third-order valence-corrected chi connectivity index (χ3v) is 3.55. The lowest BCUT2D eigenvalue weighted by molar-refractivity contribution is -0.121. The van der Waals surface area contributed by atoms with Crippen LogP contribution in [0.15, 0.2) is 30.3 Å². The first-order valence-electron chi connectivity index (χ1n) is 8.09. The van der Waals surface area contributed by atoms with Crippen LogP contribution in [0, 0.1) is 0 Å². The molecule has 3 nitrogen and oxygen atoms in total. The molecule has 3 heteroatoms. The quantitative estimate of drug-likeness (QED) is 0.492. The maximum Gasteiger partial charge on any atom is 0.220 e. The summed E-state index contributed by atoms with van der Waals surface area (Å²) < 4.78 is 0. The van der Waals surface area contributed by atoms with Crippen molar-refractivity contribution in [1.29, 1.82) is 0 Å². The van der Waals surface area contributed by atoms with Gasteiger partial charge in [-0.2, -0.15) is 0 Å². The third-order valence-electron chi connectivity index (χ3n) is 3.55. The molecular weight excluding hydrogens is 262 g/mol. The van der Waals surface area contributed by atoms with E-state index in [9.17, 15) is 9.59 Å². The van der Waals surface area contributed by atoms with E-state index < -0.39 is 0 Å². The average molecular weight is 289 g/mol. The van der Waals surface area contributed by atoms with Crippen LogP contribution < -0.4 is 5.32 Å². The van der Waals surface area contributed by atoms with Crippen LogP contribution in [-0.4, -0.2) is 18.2 Å². The molecule has 0 fully saturated rings. The molecule has 0 heterocycles. The molecule has 1 rings (SSSR count). The van der Waals surface area contributed by atoms with Crippen molar-refractivity contribution in [2.24, 2.45) is 0 Å². The number of amides is 1. The fourth-order valence-corrected chi connectivity index (χ4v) is 2.24. The van der Waals surface area contributed by atoms with Crippen molar-refractivity contribution in [2.75, 3.05) is 6.54 Å². The number of rotatable bonds is 11. The van der Waals surface area contributed by atoms with Crippen LogP contribution in [0.1, 0.15) is 68.6 Å². The minimum Gasteiger partial charge on any atom is -0.349 e. The zero-order chi connectivity index (χ0) is 15.3. The molecule has 0 aromatic heterocycles. The van der Waals surface area contributed by atoms with E-state index in [1.54, 1.807) is 12.1 Å². The molecule has 0 saturated carbocycles. The van der Waals surface area contributed by atoms with E-state index in [1.165, 1.54) is 32.1 Å². The highest BCUT2D eigenvalue weighted by molar-refractivity contribution is 5.99. The minimum atomic E-state index is -0.0384. The number of benzene rings is 1. The van der Waals surface area contributed by atoms with Gasteiger partial charge in [0, 0.05) is 12.0 Å². The van der Waals surface area contributed by atoms with Gasteiger partial charge in [0.2, 0.25) is 5.91 Å². The highest BCUT2D eigenvalue weighted by atomic mass is 16.2. The predicted molar refractivity (Wildman–Crippen MR) is 86.4 cm³/mol. The van der Waals surface area contributed by atoms with Gasteiger partial charge in [-0.05, 0) is 6.42 Å². The summed E-state index contributed by atoms with van der Waals surface area (Å²) in [6.07, 6.45) is 8.88. The number of carbonyl (C=O) groups is 2. The van der Waals surface area contributed by atoms with Crippen LogP contribution >= 0.6 is 0 Å². The van der Waals surface area contributed by atoms with Crippen LogP contribution in [-0.2, 0) is 4.79 Å². The Balaban J connectivity index is 2.05. The SMILES string of the molecule is CCCCCCCCCC(=O)NCC(=O)c1ccccc1. The van der Waals surface area contributed by atoms with E-state index in [4.69, 9.17) is 0 Å². The van der Waals surface area contributed by atoms with Gasteiger partial charge in [0.15, 0.2) is 5.78 Å². The highest BCUT2D eigenvalue weighted by Crippen LogP contribution is 2.08. The molecule has 0 atom stereocenters. The predicted octanol–water partition coefficient (Wildman–Crippen LogP) is 4.13. The number of hydrogen-bond donors (Lipinski definition) is 1. The third kappa shape index (κ3) is 8.28. The number of hydrogen-bond acceptors (Lipinski definition) is 2. The molecule has 0 radical (unpaired) electrons. The Kier molecular flexibility index (Phi) is 9.18. The van der Waals surface area contributed by atoms with Crippen molar-refractivity contribution in [1.82, 2.24) is 5.32 Å². The first-order chi connectivity index (χ1) is 10.2. The van der Waals surface area contributed by atoms with Crippen LogP contribution in [0.3, 0.4) is 0 Å². The second-order valence-corrected chi connectivity index (χ2v) is 5.44. The van der Waals surface area contributed by atoms with Crippen molar-refractivity contribution < 1.29 is 9.59 Å². The second-order valence-electron chi connectivity index (χ2n) is 5.44. The number of nitrogens with one attached hydrogen (secondary N) is 1. The topological polar surface area (TPSA) is 46.2 Å². The standard InChI is InChI=1S/C18H27NO2/c1-2-3-4-5-6-7-11-14-18(21)19-15-17(20)16-12-9-8-10-13-16/h8-10,12-13H,2-7,11,14-15H2,1H3,(H,19,21). The van der Waals surface area contributed by atoms with Gasteiger partial charge in [-0.1, -0.05) is 75.8 Å². The molecule has 0 spiro atoms.